The summed E-state index contributed by atoms with van der Waals surface area (Å²) in [6.07, 6.45) is -2.45. The molecule has 0 saturated carbocycles. The van der Waals surface area contributed by atoms with Crippen LogP contribution in [-0.4, -0.2) is 16.9 Å². The molecule has 1 aromatic heterocycles. The molecule has 1 aromatic rings. The van der Waals surface area contributed by atoms with E-state index in [9.17, 15) is 13.2 Å². The SMILES string of the molecule is CC(C)(C)CC(Cl)CNc1cc(C(F)(F)F)ccn1. The molecule has 1 N–H and O–H groups in total. The molecule has 0 saturated heterocycles. The summed E-state index contributed by atoms with van der Waals surface area (Å²) in [6, 6.07) is 1.93. The van der Waals surface area contributed by atoms with Crippen LogP contribution in [0.5, 0.6) is 0 Å². The van der Waals surface area contributed by atoms with E-state index in [0.717, 1.165) is 24.8 Å². The molecule has 0 amide bonds. The molecular formula is C13H18ClF3N2. The van der Waals surface area contributed by atoms with Crippen molar-refractivity contribution in [2.45, 2.75) is 38.7 Å². The van der Waals surface area contributed by atoms with Gasteiger partial charge in [0.05, 0.1) is 10.9 Å². The minimum atomic E-state index is -4.36. The Morgan fingerprint density at radius 1 is 1.32 bits per heavy atom. The van der Waals surface area contributed by atoms with Crippen LogP contribution in [0.3, 0.4) is 0 Å². The van der Waals surface area contributed by atoms with Crippen LogP contribution in [0.4, 0.5) is 19.0 Å². The summed E-state index contributed by atoms with van der Waals surface area (Å²) in [4.78, 5) is 3.85. The van der Waals surface area contributed by atoms with Gasteiger partial charge in [0, 0.05) is 12.7 Å². The lowest BCUT2D eigenvalue weighted by molar-refractivity contribution is -0.137. The Morgan fingerprint density at radius 2 is 1.95 bits per heavy atom. The predicted octanol–water partition coefficient (Wildman–Crippen LogP) is 4.56. The average Bonchev–Trinajstić information content (AvgIpc) is 2.23. The van der Waals surface area contributed by atoms with Crippen LogP contribution in [0, 0.1) is 5.41 Å². The first-order valence-corrected chi connectivity index (χ1v) is 6.43. The Kier molecular flexibility index (Phi) is 5.07. The number of hydrogen-bond acceptors (Lipinski definition) is 2. The van der Waals surface area contributed by atoms with E-state index in [0.29, 0.717) is 6.54 Å². The predicted molar refractivity (Wildman–Crippen MR) is 71.4 cm³/mol. The van der Waals surface area contributed by atoms with Gasteiger partial charge in [0.2, 0.25) is 0 Å². The molecule has 0 aromatic carbocycles. The van der Waals surface area contributed by atoms with Crippen LogP contribution in [-0.2, 0) is 6.18 Å². The third kappa shape index (κ3) is 6.14. The maximum atomic E-state index is 12.5. The lowest BCUT2D eigenvalue weighted by Gasteiger charge is -2.22. The number of nitrogens with one attached hydrogen (secondary N) is 1. The number of pyridine rings is 1. The topological polar surface area (TPSA) is 24.9 Å². The van der Waals surface area contributed by atoms with Crippen molar-refractivity contribution in [3.8, 4) is 0 Å². The highest BCUT2D eigenvalue weighted by atomic mass is 35.5. The maximum absolute atomic E-state index is 12.5. The van der Waals surface area contributed by atoms with Gasteiger partial charge in [-0.05, 0) is 24.0 Å². The summed E-state index contributed by atoms with van der Waals surface area (Å²) in [5.74, 6) is 0.189. The van der Waals surface area contributed by atoms with Crippen LogP contribution < -0.4 is 5.32 Å². The van der Waals surface area contributed by atoms with Crippen LogP contribution >= 0.6 is 11.6 Å². The lowest BCUT2D eigenvalue weighted by Crippen LogP contribution is -2.21. The third-order valence-electron chi connectivity index (χ3n) is 2.43. The van der Waals surface area contributed by atoms with Crippen molar-refractivity contribution in [1.82, 2.24) is 4.98 Å². The van der Waals surface area contributed by atoms with E-state index in [-0.39, 0.29) is 16.6 Å². The number of hydrogen-bond donors (Lipinski definition) is 1. The van der Waals surface area contributed by atoms with Gasteiger partial charge in [-0.25, -0.2) is 4.98 Å². The monoisotopic (exact) mass is 294 g/mol. The average molecular weight is 295 g/mol. The molecule has 0 radical (unpaired) electrons. The highest BCUT2D eigenvalue weighted by molar-refractivity contribution is 6.20. The molecule has 19 heavy (non-hydrogen) atoms. The minimum Gasteiger partial charge on any atom is -0.369 e. The van der Waals surface area contributed by atoms with Crippen LogP contribution in [0.15, 0.2) is 18.3 Å². The zero-order valence-electron chi connectivity index (χ0n) is 11.2. The van der Waals surface area contributed by atoms with Gasteiger partial charge in [-0.15, -0.1) is 11.6 Å². The minimum absolute atomic E-state index is 0.0787. The first-order valence-electron chi connectivity index (χ1n) is 5.99. The van der Waals surface area contributed by atoms with Gasteiger partial charge in [-0.1, -0.05) is 20.8 Å². The van der Waals surface area contributed by atoms with Gasteiger partial charge in [0.25, 0.3) is 0 Å². The summed E-state index contributed by atoms with van der Waals surface area (Å²) in [5, 5.41) is 2.68. The summed E-state index contributed by atoms with van der Waals surface area (Å²) in [7, 11) is 0. The van der Waals surface area contributed by atoms with Crippen molar-refractivity contribution in [3.05, 3.63) is 23.9 Å². The van der Waals surface area contributed by atoms with Crippen LogP contribution in [0.1, 0.15) is 32.8 Å². The van der Waals surface area contributed by atoms with E-state index in [4.69, 9.17) is 11.6 Å². The molecule has 0 spiro atoms. The number of rotatable bonds is 4. The van der Waals surface area contributed by atoms with Crippen molar-refractivity contribution in [3.63, 3.8) is 0 Å². The van der Waals surface area contributed by atoms with Gasteiger partial charge >= 0.3 is 6.18 Å². The van der Waals surface area contributed by atoms with Gasteiger partial charge in [0.1, 0.15) is 5.82 Å². The van der Waals surface area contributed by atoms with E-state index < -0.39 is 11.7 Å². The fourth-order valence-electron chi connectivity index (χ4n) is 1.66. The van der Waals surface area contributed by atoms with Crippen LogP contribution in [0.2, 0.25) is 0 Å². The highest BCUT2D eigenvalue weighted by Crippen LogP contribution is 2.30. The molecule has 0 aliphatic heterocycles. The molecule has 1 unspecified atom stereocenters. The number of alkyl halides is 4. The van der Waals surface area contributed by atoms with E-state index in [1.54, 1.807) is 0 Å². The summed E-state index contributed by atoms with van der Waals surface area (Å²) >= 11 is 6.13. The number of aromatic nitrogens is 1. The first-order chi connectivity index (χ1) is 8.58. The molecule has 0 fully saturated rings. The largest absolute Gasteiger partial charge is 0.416 e. The van der Waals surface area contributed by atoms with Gasteiger partial charge < -0.3 is 5.32 Å². The van der Waals surface area contributed by atoms with E-state index in [2.05, 4.69) is 31.1 Å². The van der Waals surface area contributed by atoms with Crippen molar-refractivity contribution < 1.29 is 13.2 Å². The summed E-state index contributed by atoms with van der Waals surface area (Å²) < 4.78 is 37.5. The fraction of sp³-hybridized carbons (Fsp3) is 0.615. The molecule has 2 nitrogen and oxygen atoms in total. The second-order valence-electron chi connectivity index (χ2n) is 5.67. The molecule has 0 aliphatic carbocycles. The van der Waals surface area contributed by atoms with E-state index in [1.165, 1.54) is 0 Å². The normalized spacial score (nSPS) is 14.3. The number of halogens is 4. The quantitative estimate of drug-likeness (QED) is 0.824. The van der Waals surface area contributed by atoms with Crippen molar-refractivity contribution in [1.29, 1.82) is 0 Å². The molecule has 1 atom stereocenters. The van der Waals surface area contributed by atoms with Crippen molar-refractivity contribution >= 4 is 17.4 Å². The van der Waals surface area contributed by atoms with E-state index in [1.807, 2.05) is 0 Å². The molecule has 1 heterocycles. The fourth-order valence-corrected chi connectivity index (χ4v) is 2.20. The Balaban J connectivity index is 2.59. The van der Waals surface area contributed by atoms with Crippen molar-refractivity contribution in [2.24, 2.45) is 5.41 Å². The molecule has 0 bridgehead atoms. The standard InChI is InChI=1S/C13H18ClF3N2/c1-12(2,3)7-10(14)8-19-11-6-9(4-5-18-11)13(15,16)17/h4-6,10H,7-8H2,1-3H3,(H,18,19). The Bertz CT molecular complexity index is 413. The Morgan fingerprint density at radius 3 is 2.47 bits per heavy atom. The summed E-state index contributed by atoms with van der Waals surface area (Å²) in [5.41, 5.74) is -0.637. The second-order valence-corrected chi connectivity index (χ2v) is 6.29. The molecular weight excluding hydrogens is 277 g/mol. The maximum Gasteiger partial charge on any atom is 0.416 e. The molecule has 6 heteroatoms. The molecule has 0 aliphatic rings. The Labute approximate surface area is 116 Å². The third-order valence-corrected chi connectivity index (χ3v) is 2.73. The van der Waals surface area contributed by atoms with Crippen molar-refractivity contribution in [2.75, 3.05) is 11.9 Å². The summed E-state index contributed by atoms with van der Waals surface area (Å²) in [6.45, 7) is 6.56. The Hall–Kier alpha value is -0.970. The zero-order chi connectivity index (χ0) is 14.7. The number of nitrogens with zero attached hydrogens (tertiary/aromatic N) is 1. The van der Waals surface area contributed by atoms with Gasteiger partial charge in [-0.3, -0.25) is 0 Å². The molecule has 108 valence electrons. The second kappa shape index (κ2) is 5.99. The first kappa shape index (κ1) is 16.1. The van der Waals surface area contributed by atoms with Crippen LogP contribution in [0.25, 0.3) is 0 Å². The lowest BCUT2D eigenvalue weighted by atomic mass is 9.90. The molecule has 1 rings (SSSR count). The number of anilines is 1. The highest BCUT2D eigenvalue weighted by Gasteiger charge is 2.30. The van der Waals surface area contributed by atoms with Gasteiger partial charge in [-0.2, -0.15) is 13.2 Å². The van der Waals surface area contributed by atoms with E-state index >= 15 is 0 Å². The zero-order valence-corrected chi connectivity index (χ0v) is 11.9. The van der Waals surface area contributed by atoms with Gasteiger partial charge in [0.15, 0.2) is 0 Å². The smallest absolute Gasteiger partial charge is 0.369 e.